The van der Waals surface area contributed by atoms with Crippen LogP contribution < -0.4 is 5.32 Å². The van der Waals surface area contributed by atoms with E-state index in [-0.39, 0.29) is 11.8 Å². The van der Waals surface area contributed by atoms with E-state index in [4.69, 9.17) is 4.98 Å². The van der Waals surface area contributed by atoms with E-state index in [1.807, 2.05) is 40.7 Å². The summed E-state index contributed by atoms with van der Waals surface area (Å²) in [7, 11) is 0. The quantitative estimate of drug-likeness (QED) is 0.865. The van der Waals surface area contributed by atoms with Crippen molar-refractivity contribution < 1.29 is 9.59 Å². The fourth-order valence-electron chi connectivity index (χ4n) is 3.49. The molecule has 6 nitrogen and oxygen atoms in total. The number of nitrogens with zero attached hydrogens (tertiary/aromatic N) is 3. The Hall–Kier alpha value is -2.37. The number of hydrogen-bond donors (Lipinski definition) is 1. The Morgan fingerprint density at radius 3 is 2.58 bits per heavy atom. The average molecular weight is 356 g/mol. The molecule has 0 aliphatic carbocycles. The van der Waals surface area contributed by atoms with Gasteiger partial charge in [-0.1, -0.05) is 31.9 Å². The van der Waals surface area contributed by atoms with Crippen molar-refractivity contribution in [3.8, 4) is 0 Å². The second-order valence-electron chi connectivity index (χ2n) is 6.85. The van der Waals surface area contributed by atoms with Crippen LogP contribution in [0.15, 0.2) is 24.3 Å². The number of carbonyl (C=O) groups excluding carboxylic acids is 2. The third-order valence-corrected chi connectivity index (χ3v) is 4.98. The van der Waals surface area contributed by atoms with Crippen molar-refractivity contribution in [1.29, 1.82) is 0 Å². The second kappa shape index (κ2) is 8.83. The molecule has 2 heterocycles. The minimum atomic E-state index is 0.0355. The van der Waals surface area contributed by atoms with Crippen LogP contribution in [-0.2, 0) is 22.6 Å². The van der Waals surface area contributed by atoms with Gasteiger partial charge < -0.3 is 14.8 Å². The first-order valence-electron chi connectivity index (χ1n) is 9.67. The molecule has 1 saturated heterocycles. The van der Waals surface area contributed by atoms with Crippen molar-refractivity contribution in [2.24, 2.45) is 0 Å². The van der Waals surface area contributed by atoms with Gasteiger partial charge in [-0.05, 0) is 25.0 Å². The Labute approximate surface area is 154 Å². The zero-order valence-corrected chi connectivity index (χ0v) is 15.5. The van der Waals surface area contributed by atoms with E-state index in [1.54, 1.807) is 0 Å². The van der Waals surface area contributed by atoms with Crippen molar-refractivity contribution in [2.75, 3.05) is 19.6 Å². The van der Waals surface area contributed by atoms with Crippen LogP contribution in [0.25, 0.3) is 11.0 Å². The standard InChI is InChI=1S/C20H28N4O2/c1-2-19(25)21-12-11-18-22-16-9-5-6-10-17(16)24(18)15-20(26)23-13-7-3-4-8-14-23/h5-6,9-10H,2-4,7-8,11-15H2,1H3,(H,21,25). The van der Waals surface area contributed by atoms with Crippen molar-refractivity contribution in [3.63, 3.8) is 0 Å². The van der Waals surface area contributed by atoms with Gasteiger partial charge >= 0.3 is 0 Å². The fourth-order valence-corrected chi connectivity index (χ4v) is 3.49. The number of benzene rings is 1. The fraction of sp³-hybridized carbons (Fsp3) is 0.550. The first-order valence-corrected chi connectivity index (χ1v) is 9.67. The smallest absolute Gasteiger partial charge is 0.242 e. The predicted molar refractivity (Wildman–Crippen MR) is 102 cm³/mol. The van der Waals surface area contributed by atoms with Crippen LogP contribution in [-0.4, -0.2) is 45.9 Å². The molecular formula is C20H28N4O2. The van der Waals surface area contributed by atoms with Gasteiger partial charge in [0, 0.05) is 32.5 Å². The van der Waals surface area contributed by atoms with Crippen molar-refractivity contribution >= 4 is 22.8 Å². The number of likely N-dealkylation sites (tertiary alicyclic amines) is 1. The second-order valence-corrected chi connectivity index (χ2v) is 6.85. The Morgan fingerprint density at radius 1 is 1.12 bits per heavy atom. The van der Waals surface area contributed by atoms with Crippen LogP contribution in [0, 0.1) is 0 Å². The Morgan fingerprint density at radius 2 is 1.85 bits per heavy atom. The maximum atomic E-state index is 12.9. The summed E-state index contributed by atoms with van der Waals surface area (Å²) in [6.45, 7) is 4.40. The van der Waals surface area contributed by atoms with Crippen LogP contribution in [0.3, 0.4) is 0 Å². The Bertz CT molecular complexity index is 760. The lowest BCUT2D eigenvalue weighted by molar-refractivity contribution is -0.131. The molecule has 26 heavy (non-hydrogen) atoms. The van der Waals surface area contributed by atoms with E-state index in [1.165, 1.54) is 12.8 Å². The molecule has 0 saturated carbocycles. The van der Waals surface area contributed by atoms with Crippen molar-refractivity contribution in [3.05, 3.63) is 30.1 Å². The van der Waals surface area contributed by atoms with E-state index >= 15 is 0 Å². The molecule has 0 bridgehead atoms. The molecule has 1 aromatic heterocycles. The van der Waals surface area contributed by atoms with Gasteiger partial charge in [-0.25, -0.2) is 4.98 Å². The Balaban J connectivity index is 1.77. The summed E-state index contributed by atoms with van der Waals surface area (Å²) in [5.74, 6) is 1.05. The average Bonchev–Trinajstić information content (AvgIpc) is 2.83. The van der Waals surface area contributed by atoms with E-state index in [0.29, 0.717) is 25.9 Å². The number of para-hydroxylation sites is 2. The normalized spacial score (nSPS) is 15.0. The molecule has 0 spiro atoms. The van der Waals surface area contributed by atoms with E-state index in [9.17, 15) is 9.59 Å². The molecule has 1 aromatic carbocycles. The molecule has 1 aliphatic rings. The molecule has 1 N–H and O–H groups in total. The maximum absolute atomic E-state index is 12.9. The lowest BCUT2D eigenvalue weighted by Crippen LogP contribution is -2.35. The van der Waals surface area contributed by atoms with Gasteiger partial charge in [0.25, 0.3) is 0 Å². The van der Waals surface area contributed by atoms with Crippen LogP contribution in [0.2, 0.25) is 0 Å². The number of imidazole rings is 1. The van der Waals surface area contributed by atoms with Gasteiger partial charge in [0.1, 0.15) is 12.4 Å². The van der Waals surface area contributed by atoms with E-state index in [2.05, 4.69) is 5.32 Å². The lowest BCUT2D eigenvalue weighted by Gasteiger charge is -2.21. The van der Waals surface area contributed by atoms with E-state index in [0.717, 1.165) is 42.8 Å². The zero-order chi connectivity index (χ0) is 18.4. The summed E-state index contributed by atoms with van der Waals surface area (Å²) in [5, 5.41) is 2.89. The van der Waals surface area contributed by atoms with Crippen LogP contribution in [0.4, 0.5) is 0 Å². The molecule has 2 aromatic rings. The van der Waals surface area contributed by atoms with Gasteiger partial charge in [-0.2, -0.15) is 0 Å². The third-order valence-electron chi connectivity index (χ3n) is 4.98. The molecular weight excluding hydrogens is 328 g/mol. The number of hydrogen-bond acceptors (Lipinski definition) is 3. The summed E-state index contributed by atoms with van der Waals surface area (Å²) in [6.07, 6.45) is 5.69. The lowest BCUT2D eigenvalue weighted by atomic mass is 10.2. The molecule has 0 atom stereocenters. The molecule has 3 rings (SSSR count). The number of amides is 2. The molecule has 140 valence electrons. The highest BCUT2D eigenvalue weighted by molar-refractivity contribution is 5.81. The highest BCUT2D eigenvalue weighted by atomic mass is 16.2. The maximum Gasteiger partial charge on any atom is 0.242 e. The molecule has 0 unspecified atom stereocenters. The summed E-state index contributed by atoms with van der Waals surface area (Å²) in [4.78, 5) is 31.0. The predicted octanol–water partition coefficient (Wildman–Crippen LogP) is 2.51. The number of fused-ring (bicyclic) bond motifs is 1. The molecule has 1 aliphatic heterocycles. The number of aromatic nitrogens is 2. The van der Waals surface area contributed by atoms with Gasteiger partial charge in [0.05, 0.1) is 11.0 Å². The Kier molecular flexibility index (Phi) is 6.26. The van der Waals surface area contributed by atoms with Gasteiger partial charge in [0.2, 0.25) is 11.8 Å². The monoisotopic (exact) mass is 356 g/mol. The number of carbonyl (C=O) groups is 2. The minimum absolute atomic E-state index is 0.0355. The third kappa shape index (κ3) is 4.42. The summed E-state index contributed by atoms with van der Waals surface area (Å²) in [5.41, 5.74) is 1.88. The number of rotatable bonds is 6. The molecule has 6 heteroatoms. The summed E-state index contributed by atoms with van der Waals surface area (Å²) >= 11 is 0. The molecule has 0 radical (unpaired) electrons. The zero-order valence-electron chi connectivity index (χ0n) is 15.5. The first-order chi connectivity index (χ1) is 12.7. The number of nitrogens with one attached hydrogen (secondary N) is 1. The highest BCUT2D eigenvalue weighted by Crippen LogP contribution is 2.18. The largest absolute Gasteiger partial charge is 0.356 e. The summed E-state index contributed by atoms with van der Waals surface area (Å²) in [6, 6.07) is 7.90. The van der Waals surface area contributed by atoms with E-state index < -0.39 is 0 Å². The van der Waals surface area contributed by atoms with Gasteiger partial charge in [0.15, 0.2) is 0 Å². The minimum Gasteiger partial charge on any atom is -0.356 e. The molecule has 1 fully saturated rings. The SMILES string of the molecule is CCC(=O)NCCc1nc2ccccc2n1CC(=O)N1CCCCCC1. The topological polar surface area (TPSA) is 67.2 Å². The van der Waals surface area contributed by atoms with Crippen LogP contribution in [0.1, 0.15) is 44.9 Å². The van der Waals surface area contributed by atoms with Crippen LogP contribution >= 0.6 is 0 Å². The molecule has 2 amide bonds. The first kappa shape index (κ1) is 18.4. The van der Waals surface area contributed by atoms with Crippen molar-refractivity contribution in [2.45, 2.75) is 52.0 Å². The van der Waals surface area contributed by atoms with Crippen molar-refractivity contribution in [1.82, 2.24) is 19.8 Å². The highest BCUT2D eigenvalue weighted by Gasteiger charge is 2.19. The van der Waals surface area contributed by atoms with Gasteiger partial charge in [-0.15, -0.1) is 0 Å². The van der Waals surface area contributed by atoms with Gasteiger partial charge in [-0.3, -0.25) is 9.59 Å². The summed E-state index contributed by atoms with van der Waals surface area (Å²) < 4.78 is 2.01. The van der Waals surface area contributed by atoms with Crippen LogP contribution in [0.5, 0.6) is 0 Å².